The molecule has 0 aromatic heterocycles. The van der Waals surface area contributed by atoms with Crippen LogP contribution in [0.5, 0.6) is 11.5 Å². The molecule has 8 heteroatoms. The summed E-state index contributed by atoms with van der Waals surface area (Å²) >= 11 is 0. The average Bonchev–Trinajstić information content (AvgIpc) is 3.26. The zero-order chi connectivity index (χ0) is 22.7. The van der Waals surface area contributed by atoms with Gasteiger partial charge in [0.2, 0.25) is 16.8 Å². The molecule has 1 aliphatic heterocycles. The van der Waals surface area contributed by atoms with Crippen LogP contribution < -0.4 is 19.5 Å². The number of ether oxygens (including phenoxy) is 2. The summed E-state index contributed by atoms with van der Waals surface area (Å²) < 4.78 is 38.8. The van der Waals surface area contributed by atoms with E-state index in [9.17, 15) is 13.2 Å². The Bertz CT molecular complexity index is 1260. The first-order valence-corrected chi connectivity index (χ1v) is 11.7. The zero-order valence-electron chi connectivity index (χ0n) is 17.8. The molecule has 32 heavy (non-hydrogen) atoms. The van der Waals surface area contributed by atoms with Gasteiger partial charge in [-0.25, -0.2) is 13.1 Å². The number of amides is 1. The number of rotatable bonds is 7. The van der Waals surface area contributed by atoms with Crippen molar-refractivity contribution in [3.05, 3.63) is 89.0 Å². The number of benzene rings is 3. The molecule has 0 radical (unpaired) electrons. The van der Waals surface area contributed by atoms with Crippen LogP contribution in [0.3, 0.4) is 0 Å². The van der Waals surface area contributed by atoms with Crippen molar-refractivity contribution < 1.29 is 22.7 Å². The highest BCUT2D eigenvalue weighted by Crippen LogP contribution is 2.32. The number of hydrogen-bond acceptors (Lipinski definition) is 5. The molecule has 0 saturated carbocycles. The van der Waals surface area contributed by atoms with Crippen LogP contribution in [0, 0.1) is 6.92 Å². The Hall–Kier alpha value is -3.36. The van der Waals surface area contributed by atoms with Gasteiger partial charge in [-0.1, -0.05) is 36.4 Å². The predicted molar refractivity (Wildman–Crippen MR) is 120 cm³/mol. The summed E-state index contributed by atoms with van der Waals surface area (Å²) in [4.78, 5) is 12.8. The second-order valence-electron chi connectivity index (χ2n) is 7.59. The summed E-state index contributed by atoms with van der Waals surface area (Å²) in [5.74, 6) is 0.881. The van der Waals surface area contributed by atoms with E-state index in [1.165, 1.54) is 12.1 Å². The minimum atomic E-state index is -3.82. The van der Waals surface area contributed by atoms with Crippen molar-refractivity contribution >= 4 is 15.9 Å². The first-order valence-electron chi connectivity index (χ1n) is 10.2. The minimum Gasteiger partial charge on any atom is -0.454 e. The van der Waals surface area contributed by atoms with Gasteiger partial charge in [0.1, 0.15) is 0 Å². The first kappa shape index (κ1) is 21.9. The molecule has 2 N–H and O–H groups in total. The number of sulfonamides is 1. The number of carbonyl (C=O) groups is 1. The second kappa shape index (κ2) is 9.02. The lowest BCUT2D eigenvalue weighted by Gasteiger charge is -2.17. The minimum absolute atomic E-state index is 0.0226. The topological polar surface area (TPSA) is 93.7 Å². The number of fused-ring (bicyclic) bond motifs is 1. The molecular formula is C24H24N2O5S. The number of nitrogens with one attached hydrogen (secondary N) is 2. The Labute approximate surface area is 187 Å². The number of carbonyl (C=O) groups excluding carboxylic acids is 1. The van der Waals surface area contributed by atoms with E-state index in [2.05, 4.69) is 10.0 Å². The Balaban J connectivity index is 1.45. The van der Waals surface area contributed by atoms with Crippen molar-refractivity contribution in [1.82, 2.24) is 10.0 Å². The van der Waals surface area contributed by atoms with Gasteiger partial charge in [0.15, 0.2) is 11.5 Å². The van der Waals surface area contributed by atoms with Crippen LogP contribution in [-0.4, -0.2) is 21.1 Å². The second-order valence-corrected chi connectivity index (χ2v) is 9.36. The van der Waals surface area contributed by atoms with E-state index in [1.54, 1.807) is 30.3 Å². The maximum absolute atomic E-state index is 12.8. The SMILES string of the molecule is Cc1ccccc1[C@@H](C)NC(=O)c1cccc(S(=O)(=O)NCc2ccc3c(c2)OCO3)c1. The van der Waals surface area contributed by atoms with Gasteiger partial charge in [-0.2, -0.15) is 0 Å². The molecule has 0 unspecified atom stereocenters. The molecule has 0 bridgehead atoms. The van der Waals surface area contributed by atoms with E-state index in [4.69, 9.17) is 9.47 Å². The first-order chi connectivity index (χ1) is 15.3. The smallest absolute Gasteiger partial charge is 0.251 e. The van der Waals surface area contributed by atoms with Gasteiger partial charge >= 0.3 is 0 Å². The lowest BCUT2D eigenvalue weighted by molar-refractivity contribution is 0.0939. The maximum atomic E-state index is 12.8. The third-order valence-corrected chi connectivity index (χ3v) is 6.71. The summed E-state index contributed by atoms with van der Waals surface area (Å²) in [6.07, 6.45) is 0. The molecule has 0 spiro atoms. The van der Waals surface area contributed by atoms with Gasteiger partial charge in [-0.3, -0.25) is 4.79 Å². The van der Waals surface area contributed by atoms with E-state index in [1.807, 2.05) is 38.1 Å². The fraction of sp³-hybridized carbons (Fsp3) is 0.208. The van der Waals surface area contributed by atoms with Crippen molar-refractivity contribution in [1.29, 1.82) is 0 Å². The molecule has 1 aliphatic rings. The average molecular weight is 453 g/mol. The van der Waals surface area contributed by atoms with Gasteiger partial charge < -0.3 is 14.8 Å². The van der Waals surface area contributed by atoms with Gasteiger partial charge in [-0.05, 0) is 60.9 Å². The molecule has 4 rings (SSSR count). The molecule has 3 aromatic rings. The summed E-state index contributed by atoms with van der Waals surface area (Å²) in [5.41, 5.74) is 3.09. The molecule has 0 saturated heterocycles. The highest BCUT2D eigenvalue weighted by molar-refractivity contribution is 7.89. The monoisotopic (exact) mass is 452 g/mol. The van der Waals surface area contributed by atoms with Crippen molar-refractivity contribution in [2.45, 2.75) is 31.3 Å². The standard InChI is InChI=1S/C24H24N2O5S/c1-16-6-3-4-9-21(16)17(2)26-24(27)19-7-5-8-20(13-19)32(28,29)25-14-18-10-11-22-23(12-18)31-15-30-22/h3-13,17,25H,14-15H2,1-2H3,(H,26,27)/t17-/m1/s1. The van der Waals surface area contributed by atoms with Crippen LogP contribution in [0.4, 0.5) is 0 Å². The lowest BCUT2D eigenvalue weighted by atomic mass is 10.0. The highest BCUT2D eigenvalue weighted by atomic mass is 32.2. The van der Waals surface area contributed by atoms with E-state index < -0.39 is 10.0 Å². The fourth-order valence-corrected chi connectivity index (χ4v) is 4.61. The van der Waals surface area contributed by atoms with Crippen molar-refractivity contribution in [3.63, 3.8) is 0 Å². The summed E-state index contributed by atoms with van der Waals surface area (Å²) in [7, 11) is -3.82. The van der Waals surface area contributed by atoms with Gasteiger partial charge in [0, 0.05) is 12.1 Å². The van der Waals surface area contributed by atoms with Crippen molar-refractivity contribution in [2.75, 3.05) is 6.79 Å². The number of aryl methyl sites for hydroxylation is 1. The Morgan fingerprint density at radius 2 is 1.78 bits per heavy atom. The van der Waals surface area contributed by atoms with Crippen LogP contribution >= 0.6 is 0 Å². The Kier molecular flexibility index (Phi) is 6.16. The quantitative estimate of drug-likeness (QED) is 0.570. The van der Waals surface area contributed by atoms with E-state index in [0.29, 0.717) is 11.5 Å². The van der Waals surface area contributed by atoms with Gasteiger partial charge in [0.05, 0.1) is 10.9 Å². The van der Waals surface area contributed by atoms with Crippen LogP contribution in [0.15, 0.2) is 71.6 Å². The molecule has 1 amide bonds. The molecule has 7 nitrogen and oxygen atoms in total. The normalized spacial score (nSPS) is 13.6. The fourth-order valence-electron chi connectivity index (χ4n) is 3.55. The Morgan fingerprint density at radius 1 is 1.00 bits per heavy atom. The van der Waals surface area contributed by atoms with Crippen molar-refractivity contribution in [3.8, 4) is 11.5 Å². The molecule has 3 aromatic carbocycles. The molecule has 0 fully saturated rings. The van der Waals surface area contributed by atoms with Gasteiger partial charge in [0.25, 0.3) is 5.91 Å². The molecule has 1 heterocycles. The lowest BCUT2D eigenvalue weighted by Crippen LogP contribution is -2.28. The predicted octanol–water partition coefficient (Wildman–Crippen LogP) is 3.69. The molecular weight excluding hydrogens is 428 g/mol. The van der Waals surface area contributed by atoms with Crippen LogP contribution in [0.1, 0.15) is 40.0 Å². The highest BCUT2D eigenvalue weighted by Gasteiger charge is 2.19. The zero-order valence-corrected chi connectivity index (χ0v) is 18.6. The molecule has 166 valence electrons. The van der Waals surface area contributed by atoms with Crippen molar-refractivity contribution in [2.24, 2.45) is 0 Å². The largest absolute Gasteiger partial charge is 0.454 e. The Morgan fingerprint density at radius 3 is 2.59 bits per heavy atom. The summed E-state index contributed by atoms with van der Waals surface area (Å²) in [5, 5.41) is 2.93. The van der Waals surface area contributed by atoms with Crippen LogP contribution in [0.25, 0.3) is 0 Å². The summed E-state index contributed by atoms with van der Waals surface area (Å²) in [6.45, 7) is 4.12. The van der Waals surface area contributed by atoms with E-state index in [-0.39, 0.29) is 35.7 Å². The van der Waals surface area contributed by atoms with Crippen LogP contribution in [0.2, 0.25) is 0 Å². The third-order valence-electron chi connectivity index (χ3n) is 5.31. The van der Waals surface area contributed by atoms with Gasteiger partial charge in [-0.15, -0.1) is 0 Å². The molecule has 1 atom stereocenters. The summed E-state index contributed by atoms with van der Waals surface area (Å²) in [6, 6.07) is 18.8. The molecule has 0 aliphatic carbocycles. The number of hydrogen-bond donors (Lipinski definition) is 2. The van der Waals surface area contributed by atoms with E-state index in [0.717, 1.165) is 16.7 Å². The van der Waals surface area contributed by atoms with E-state index >= 15 is 0 Å². The third kappa shape index (κ3) is 4.76. The van der Waals surface area contributed by atoms with Crippen LogP contribution in [-0.2, 0) is 16.6 Å². The maximum Gasteiger partial charge on any atom is 0.251 e.